The van der Waals surface area contributed by atoms with Gasteiger partial charge in [0.25, 0.3) is 0 Å². The molecule has 4 heteroatoms. The fourth-order valence-corrected chi connectivity index (χ4v) is 14.7. The normalized spacial score (nSPS) is 13.5. The van der Waals surface area contributed by atoms with Crippen molar-refractivity contribution >= 4 is 43.6 Å². The molecule has 0 amide bonds. The molecular weight excluding hydrogens is 1040 g/mol. The van der Waals surface area contributed by atoms with Crippen LogP contribution in [0.5, 0.6) is 0 Å². The lowest BCUT2D eigenvalue weighted by atomic mass is 9.81. The third-order valence-electron chi connectivity index (χ3n) is 19.0. The second kappa shape index (κ2) is 18.9. The van der Waals surface area contributed by atoms with Crippen molar-refractivity contribution in [2.45, 2.75) is 38.5 Å². The van der Waals surface area contributed by atoms with Gasteiger partial charge < -0.3 is 4.57 Å². The van der Waals surface area contributed by atoms with Gasteiger partial charge in [-0.3, -0.25) is 4.57 Å². The predicted molar refractivity (Wildman–Crippen MR) is 358 cm³/mol. The van der Waals surface area contributed by atoms with Gasteiger partial charge in [-0.1, -0.05) is 240 Å². The lowest BCUT2D eigenvalue weighted by molar-refractivity contribution is 0.660. The molecule has 0 spiro atoms. The molecule has 0 aliphatic heterocycles. The molecule has 3 aromatic heterocycles. The van der Waals surface area contributed by atoms with E-state index in [1.807, 2.05) is 0 Å². The summed E-state index contributed by atoms with van der Waals surface area (Å²) in [5.41, 5.74) is 29.0. The van der Waals surface area contributed by atoms with E-state index in [0.717, 1.165) is 83.3 Å². The Morgan fingerprint density at radius 1 is 0.256 bits per heavy atom. The molecule has 2 aliphatic rings. The van der Waals surface area contributed by atoms with Crippen molar-refractivity contribution in [3.63, 3.8) is 0 Å². The van der Waals surface area contributed by atoms with Crippen LogP contribution in [0, 0.1) is 0 Å². The molecule has 2 aliphatic carbocycles. The summed E-state index contributed by atoms with van der Waals surface area (Å²) in [6.45, 7) is 9.42. The zero-order chi connectivity index (χ0) is 57.4. The molecule has 12 aromatic carbocycles. The van der Waals surface area contributed by atoms with E-state index in [9.17, 15) is 0 Å². The molecule has 3 heterocycles. The minimum atomic E-state index is -0.107. The molecule has 0 fully saturated rings. The zero-order valence-electron chi connectivity index (χ0n) is 48.3. The van der Waals surface area contributed by atoms with Gasteiger partial charge in [-0.25, -0.2) is 9.97 Å². The van der Waals surface area contributed by atoms with Crippen molar-refractivity contribution in [2.75, 3.05) is 0 Å². The van der Waals surface area contributed by atoms with Crippen LogP contribution in [-0.2, 0) is 10.8 Å². The molecule has 0 N–H and O–H groups in total. The van der Waals surface area contributed by atoms with E-state index in [2.05, 4.69) is 316 Å². The van der Waals surface area contributed by atoms with Gasteiger partial charge in [-0.2, -0.15) is 0 Å². The summed E-state index contributed by atoms with van der Waals surface area (Å²) in [6, 6.07) is 103. The highest BCUT2D eigenvalue weighted by Crippen LogP contribution is 2.52. The standard InChI is InChI=1S/C82H58N4/c1-81(2)69-33-15-11-27-61(69)63-41-37-55(48-71(63)81)53-39-43-77-67(46-53)65-29-13-17-35-75(65)85(77)58-26-19-25-57(45-58)73-50-74(79-59(51-21-7-5-8-22-51)31-20-32-60(79)52-23-9-6-10-24-52)84-80(83-73)86-76-36-18-14-30-66(76)68-47-54(40-44-78(68)86)56-38-42-64-62-28-12-16-34-70(62)82(3,4)72(64)49-56/h5-50H,1-4H3. The molecule has 0 bridgehead atoms. The van der Waals surface area contributed by atoms with E-state index in [0.29, 0.717) is 5.95 Å². The van der Waals surface area contributed by atoms with E-state index in [1.165, 1.54) is 77.5 Å². The molecular formula is C82H58N4. The van der Waals surface area contributed by atoms with Gasteiger partial charge in [0.05, 0.1) is 33.5 Å². The maximum absolute atomic E-state index is 5.77. The van der Waals surface area contributed by atoms with Crippen LogP contribution in [0.1, 0.15) is 49.9 Å². The molecule has 4 nitrogen and oxygen atoms in total. The minimum absolute atomic E-state index is 0.0864. The molecule has 0 saturated heterocycles. The Bertz CT molecular complexity index is 5230. The van der Waals surface area contributed by atoms with Crippen molar-refractivity contribution in [1.82, 2.24) is 19.1 Å². The summed E-state index contributed by atoms with van der Waals surface area (Å²) in [5, 5.41) is 4.71. The van der Waals surface area contributed by atoms with Crippen molar-refractivity contribution < 1.29 is 0 Å². The number of aromatic nitrogens is 4. The zero-order valence-corrected chi connectivity index (χ0v) is 48.3. The molecule has 17 rings (SSSR count). The summed E-state index contributed by atoms with van der Waals surface area (Å²) in [5.74, 6) is 0.601. The number of fused-ring (bicyclic) bond motifs is 12. The first-order valence-electron chi connectivity index (χ1n) is 30.0. The first-order chi connectivity index (χ1) is 42.2. The van der Waals surface area contributed by atoms with Crippen LogP contribution < -0.4 is 0 Å². The van der Waals surface area contributed by atoms with Gasteiger partial charge in [0.1, 0.15) is 0 Å². The van der Waals surface area contributed by atoms with E-state index >= 15 is 0 Å². The number of rotatable bonds is 8. The Balaban J connectivity index is 0.850. The Labute approximate surface area is 500 Å². The second-order valence-electron chi connectivity index (χ2n) is 24.5. The largest absolute Gasteiger partial charge is 0.309 e. The molecule has 86 heavy (non-hydrogen) atoms. The van der Waals surface area contributed by atoms with Crippen molar-refractivity contribution in [1.29, 1.82) is 0 Å². The summed E-state index contributed by atoms with van der Waals surface area (Å²) in [4.78, 5) is 11.5. The number of hydrogen-bond acceptors (Lipinski definition) is 2. The van der Waals surface area contributed by atoms with Crippen LogP contribution in [0.25, 0.3) is 145 Å². The van der Waals surface area contributed by atoms with Crippen molar-refractivity contribution in [2.24, 2.45) is 0 Å². The Hall–Kier alpha value is -10.7. The summed E-state index contributed by atoms with van der Waals surface area (Å²) in [6.07, 6.45) is 0. The van der Waals surface area contributed by atoms with E-state index in [4.69, 9.17) is 9.97 Å². The summed E-state index contributed by atoms with van der Waals surface area (Å²) in [7, 11) is 0. The minimum Gasteiger partial charge on any atom is -0.309 e. The fraction of sp³-hybridized carbons (Fsp3) is 0.0732. The summed E-state index contributed by atoms with van der Waals surface area (Å²) >= 11 is 0. The lowest BCUT2D eigenvalue weighted by Gasteiger charge is -2.22. The lowest BCUT2D eigenvalue weighted by Crippen LogP contribution is -2.14. The van der Waals surface area contributed by atoms with Crippen LogP contribution in [0.3, 0.4) is 0 Å². The third-order valence-corrected chi connectivity index (χ3v) is 19.0. The van der Waals surface area contributed by atoms with E-state index in [1.54, 1.807) is 0 Å². The van der Waals surface area contributed by atoms with Gasteiger partial charge in [-0.05, 0) is 156 Å². The molecule has 0 unspecified atom stereocenters. The molecule has 15 aromatic rings. The first kappa shape index (κ1) is 49.9. The number of hydrogen-bond donors (Lipinski definition) is 0. The van der Waals surface area contributed by atoms with E-state index in [-0.39, 0.29) is 10.8 Å². The Kier molecular flexibility index (Phi) is 11.0. The maximum Gasteiger partial charge on any atom is 0.235 e. The highest BCUT2D eigenvalue weighted by Gasteiger charge is 2.37. The van der Waals surface area contributed by atoms with Gasteiger partial charge in [0, 0.05) is 49.2 Å². The average Bonchev–Trinajstić information content (AvgIpc) is 2.13. The van der Waals surface area contributed by atoms with Crippen LogP contribution in [0.15, 0.2) is 279 Å². The van der Waals surface area contributed by atoms with Crippen LogP contribution in [0.2, 0.25) is 0 Å². The number of benzene rings is 12. The SMILES string of the molecule is CC1(C)c2ccccc2-c2ccc(-c3ccc4c(c3)c3ccccc3n4-c3cccc(-c4cc(-c5c(-c6ccccc6)cccc5-c5ccccc5)nc(-n5c6ccccc6c6cc(-c7ccc8c(c7)C(C)(C)c7ccccc7-8)ccc65)n4)c3)cc21. The highest BCUT2D eigenvalue weighted by molar-refractivity contribution is 6.12. The highest BCUT2D eigenvalue weighted by atomic mass is 15.2. The first-order valence-corrected chi connectivity index (χ1v) is 30.0. The molecule has 0 atom stereocenters. The second-order valence-corrected chi connectivity index (χ2v) is 24.5. The van der Waals surface area contributed by atoms with Crippen LogP contribution in [-0.4, -0.2) is 19.1 Å². The van der Waals surface area contributed by atoms with Gasteiger partial charge in [0.2, 0.25) is 5.95 Å². The fourth-order valence-electron chi connectivity index (χ4n) is 14.7. The Morgan fingerprint density at radius 3 is 1.23 bits per heavy atom. The maximum atomic E-state index is 5.77. The van der Waals surface area contributed by atoms with Gasteiger partial charge in [-0.15, -0.1) is 0 Å². The smallest absolute Gasteiger partial charge is 0.235 e. The topological polar surface area (TPSA) is 35.6 Å². The average molecular weight is 1100 g/mol. The monoisotopic (exact) mass is 1100 g/mol. The Morgan fingerprint density at radius 2 is 0.663 bits per heavy atom. The number of para-hydroxylation sites is 2. The van der Waals surface area contributed by atoms with Crippen LogP contribution >= 0.6 is 0 Å². The van der Waals surface area contributed by atoms with Gasteiger partial charge in [0.15, 0.2) is 0 Å². The van der Waals surface area contributed by atoms with Crippen LogP contribution in [0.4, 0.5) is 0 Å². The molecule has 0 saturated carbocycles. The van der Waals surface area contributed by atoms with Crippen molar-refractivity contribution in [3.8, 4) is 101 Å². The van der Waals surface area contributed by atoms with E-state index < -0.39 is 0 Å². The third kappa shape index (κ3) is 7.55. The number of nitrogens with zero attached hydrogens (tertiary/aromatic N) is 4. The summed E-state index contributed by atoms with van der Waals surface area (Å²) < 4.78 is 4.71. The van der Waals surface area contributed by atoms with Gasteiger partial charge >= 0.3 is 0 Å². The van der Waals surface area contributed by atoms with Crippen molar-refractivity contribution in [3.05, 3.63) is 301 Å². The molecule has 406 valence electrons. The predicted octanol–water partition coefficient (Wildman–Crippen LogP) is 21.3. The quantitative estimate of drug-likeness (QED) is 0.152. The molecule has 0 radical (unpaired) electrons.